The first-order valence-corrected chi connectivity index (χ1v) is 19.1. The molecule has 16 nitrogen and oxygen atoms in total. The number of nitrogens with one attached hydrogen (secondary N) is 4. The molecule has 4 rings (SSSR count). The Balaban J connectivity index is 1.45. The maximum Gasteiger partial charge on any atom is 0.368 e. The Hall–Kier alpha value is -5.87. The molecule has 3 aromatic carbocycles. The van der Waals surface area contributed by atoms with E-state index in [-0.39, 0.29) is 39.9 Å². The Morgan fingerprint density at radius 3 is 1.84 bits per heavy atom. The summed E-state index contributed by atoms with van der Waals surface area (Å²) >= 11 is 0. The van der Waals surface area contributed by atoms with Gasteiger partial charge < -0.3 is 36.2 Å². The Bertz CT molecular complexity index is 1990. The molecule has 0 aliphatic carbocycles. The normalized spacial score (nSPS) is 12.6. The molecule has 298 valence electrons. The molecule has 1 heterocycles. The minimum atomic E-state index is -0.878. The molecule has 1 unspecified atom stereocenters. The molecule has 1 aliphatic heterocycles. The number of hydrogen-bond acceptors (Lipinski definition) is 10. The fourth-order valence-electron chi connectivity index (χ4n) is 5.93. The number of hydrogen-bond donors (Lipinski definition) is 5. The maximum absolute atomic E-state index is 13.4. The number of azo groups is 1. The fraction of sp³-hybridized carbons (Fsp3) is 0.425. The van der Waals surface area contributed by atoms with Gasteiger partial charge in [0.15, 0.2) is 0 Å². The number of aromatic hydroxyl groups is 1. The van der Waals surface area contributed by atoms with Crippen LogP contribution in [-0.2, 0) is 4.79 Å². The van der Waals surface area contributed by atoms with Crippen molar-refractivity contribution in [2.45, 2.75) is 59.9 Å². The van der Waals surface area contributed by atoms with Crippen LogP contribution in [0.5, 0.6) is 5.75 Å². The van der Waals surface area contributed by atoms with E-state index in [1.807, 2.05) is 0 Å². The molecule has 56 heavy (non-hydrogen) atoms. The summed E-state index contributed by atoms with van der Waals surface area (Å²) in [6.07, 6.45) is 1.81. The smallest absolute Gasteiger partial charge is 0.368 e. The summed E-state index contributed by atoms with van der Waals surface area (Å²) in [7, 11) is 0. The van der Waals surface area contributed by atoms with Crippen LogP contribution in [0, 0.1) is 0 Å². The second-order valence-corrected chi connectivity index (χ2v) is 13.1. The lowest BCUT2D eigenvalue weighted by atomic mass is 10.1. The van der Waals surface area contributed by atoms with Gasteiger partial charge in [0.1, 0.15) is 11.8 Å². The molecule has 3 aromatic rings. The molecule has 0 saturated carbocycles. The molecule has 1 atom stereocenters. The molecule has 0 fully saturated rings. The number of phenolic OH excluding ortho intramolecular Hbond substituents is 1. The summed E-state index contributed by atoms with van der Waals surface area (Å²) in [6.45, 7) is 16.3. The minimum absolute atomic E-state index is 0.0883. The van der Waals surface area contributed by atoms with E-state index < -0.39 is 29.6 Å². The fourth-order valence-corrected chi connectivity index (χ4v) is 5.93. The van der Waals surface area contributed by atoms with Crippen molar-refractivity contribution in [2.75, 3.05) is 63.0 Å². The Morgan fingerprint density at radius 1 is 0.696 bits per heavy atom. The van der Waals surface area contributed by atoms with Gasteiger partial charge in [-0.15, -0.1) is 0 Å². The highest BCUT2D eigenvalue weighted by Gasteiger charge is 2.19. The zero-order valence-corrected chi connectivity index (χ0v) is 32.7. The highest BCUT2D eigenvalue weighted by atomic mass is 16.3. The molecule has 0 spiro atoms. The third-order valence-corrected chi connectivity index (χ3v) is 9.28. The molecule has 0 bridgehead atoms. The summed E-state index contributed by atoms with van der Waals surface area (Å²) in [4.78, 5) is 76.4. The van der Waals surface area contributed by atoms with Crippen molar-refractivity contribution in [3.8, 4) is 5.75 Å². The number of benzene rings is 3. The van der Waals surface area contributed by atoms with Gasteiger partial charge in [0.05, 0.1) is 22.0 Å². The van der Waals surface area contributed by atoms with Crippen molar-refractivity contribution in [3.05, 3.63) is 82.0 Å². The van der Waals surface area contributed by atoms with Gasteiger partial charge >= 0.3 is 6.03 Å². The molecule has 0 radical (unpaired) electrons. The minimum Gasteiger partial charge on any atom is -0.507 e. The summed E-state index contributed by atoms with van der Waals surface area (Å²) in [5.74, 6) is -2.30. The quantitative estimate of drug-likeness (QED) is 0.0771. The molecule has 0 saturated heterocycles. The van der Waals surface area contributed by atoms with Gasteiger partial charge in [0.25, 0.3) is 23.6 Å². The average Bonchev–Trinajstić information content (AvgIpc) is 3.57. The first-order chi connectivity index (χ1) is 27.0. The maximum atomic E-state index is 13.4. The Kier molecular flexibility index (Phi) is 16.3. The molecule has 1 aliphatic rings. The number of urea groups is 1. The van der Waals surface area contributed by atoms with Crippen LogP contribution < -0.4 is 32.0 Å². The third kappa shape index (κ3) is 12.3. The number of fused-ring (bicyclic) bond motifs is 1. The lowest BCUT2D eigenvalue weighted by Gasteiger charge is -2.18. The monoisotopic (exact) mass is 768 g/mol. The van der Waals surface area contributed by atoms with Gasteiger partial charge in [-0.05, 0) is 107 Å². The van der Waals surface area contributed by atoms with E-state index >= 15 is 0 Å². The number of carbonyl (C=O) groups is 5. The van der Waals surface area contributed by atoms with E-state index in [9.17, 15) is 29.1 Å². The van der Waals surface area contributed by atoms with Crippen LogP contribution in [-0.4, -0.2) is 103 Å². The van der Waals surface area contributed by atoms with E-state index in [1.165, 1.54) is 36.4 Å². The van der Waals surface area contributed by atoms with Gasteiger partial charge in [-0.2, -0.15) is 20.2 Å². The molecule has 5 N–H and O–H groups in total. The lowest BCUT2D eigenvalue weighted by Crippen LogP contribution is -2.31. The Morgan fingerprint density at radius 2 is 1.29 bits per heavy atom. The summed E-state index contributed by atoms with van der Waals surface area (Å²) in [6, 6.07) is 11.8. The molecular weight excluding hydrogens is 717 g/mol. The second kappa shape index (κ2) is 21.3. The number of amides is 6. The largest absolute Gasteiger partial charge is 0.507 e. The molecular formula is C40H52N10O6. The van der Waals surface area contributed by atoms with E-state index in [1.54, 1.807) is 25.1 Å². The van der Waals surface area contributed by atoms with Crippen LogP contribution in [0.3, 0.4) is 0 Å². The second-order valence-electron chi connectivity index (χ2n) is 13.1. The topological polar surface area (TPSA) is 210 Å². The Labute approximate surface area is 326 Å². The van der Waals surface area contributed by atoms with Gasteiger partial charge in [0.2, 0.25) is 0 Å². The molecule has 0 aromatic heterocycles. The number of anilines is 2. The number of carbonyl (C=O) groups excluding carboxylic acids is 5. The SMILES string of the molecule is CCC(N=Nc1ccc(C(=O)Nc2cc(C(=O)NCCCN(CC)CC)cc(C(=O)NCCCN(CC)CC)c2)c(O)c1)C(=O)Nc1ccc2c(c1)=NC(=O)N=2. The van der Waals surface area contributed by atoms with Crippen LogP contribution >= 0.6 is 0 Å². The van der Waals surface area contributed by atoms with E-state index in [4.69, 9.17) is 0 Å². The highest BCUT2D eigenvalue weighted by molar-refractivity contribution is 6.08. The van der Waals surface area contributed by atoms with E-state index in [2.05, 4.69) is 79.0 Å². The van der Waals surface area contributed by atoms with Crippen molar-refractivity contribution in [2.24, 2.45) is 20.2 Å². The van der Waals surface area contributed by atoms with Crippen molar-refractivity contribution in [1.29, 1.82) is 0 Å². The number of rotatable bonds is 21. The van der Waals surface area contributed by atoms with Crippen LogP contribution in [0.1, 0.15) is 85.0 Å². The van der Waals surface area contributed by atoms with Crippen LogP contribution in [0.4, 0.5) is 21.9 Å². The summed E-state index contributed by atoms with van der Waals surface area (Å²) in [5.41, 5.74) is 1.11. The first kappa shape index (κ1) is 42.9. The van der Waals surface area contributed by atoms with E-state index in [0.717, 1.165) is 52.1 Å². The lowest BCUT2D eigenvalue weighted by molar-refractivity contribution is -0.117. The van der Waals surface area contributed by atoms with Gasteiger partial charge in [-0.1, -0.05) is 34.6 Å². The van der Waals surface area contributed by atoms with Gasteiger partial charge in [0, 0.05) is 41.7 Å². The van der Waals surface area contributed by atoms with Crippen molar-refractivity contribution in [3.63, 3.8) is 0 Å². The number of phenols is 1. The van der Waals surface area contributed by atoms with Crippen LogP contribution in [0.15, 0.2) is 74.8 Å². The predicted octanol–water partition coefficient (Wildman–Crippen LogP) is 4.44. The number of nitrogens with zero attached hydrogens (tertiary/aromatic N) is 6. The van der Waals surface area contributed by atoms with Crippen molar-refractivity contribution < 1.29 is 29.1 Å². The van der Waals surface area contributed by atoms with E-state index in [0.29, 0.717) is 35.9 Å². The zero-order valence-electron chi connectivity index (χ0n) is 32.7. The zero-order chi connectivity index (χ0) is 40.6. The van der Waals surface area contributed by atoms with Crippen molar-refractivity contribution in [1.82, 2.24) is 20.4 Å². The average molecular weight is 769 g/mol. The summed E-state index contributed by atoms with van der Waals surface area (Å²) < 4.78 is 0. The highest BCUT2D eigenvalue weighted by Crippen LogP contribution is 2.26. The summed E-state index contributed by atoms with van der Waals surface area (Å²) in [5, 5.41) is 31.1. The third-order valence-electron chi connectivity index (χ3n) is 9.28. The first-order valence-electron chi connectivity index (χ1n) is 19.1. The molecule has 6 amide bonds. The van der Waals surface area contributed by atoms with Crippen molar-refractivity contribution >= 4 is 46.7 Å². The predicted molar refractivity (Wildman–Crippen MR) is 213 cm³/mol. The van der Waals surface area contributed by atoms with Crippen LogP contribution in [0.2, 0.25) is 0 Å². The molecule has 16 heteroatoms. The van der Waals surface area contributed by atoms with Gasteiger partial charge in [-0.3, -0.25) is 19.2 Å². The van der Waals surface area contributed by atoms with Crippen LogP contribution in [0.25, 0.3) is 0 Å². The van der Waals surface area contributed by atoms with Gasteiger partial charge in [-0.25, -0.2) is 4.79 Å². The standard InChI is InChI=1S/C40H52N10O6/c1-6-32(39(55)43-28-14-16-33-34(24-28)46-40(56)45-33)48-47-29-13-15-31(35(51)25-29)38(54)44-30-22-26(36(52)41-17-11-19-49(7-2)8-3)21-27(23-30)37(53)42-18-12-20-50(9-4)10-5/h13-16,21-25,32,51H,6-12,17-20H2,1-5H3,(H,41,52)(H,42,53)(H,43,55)(H,44,54).